The molecule has 1 aliphatic heterocycles. The van der Waals surface area contributed by atoms with Gasteiger partial charge in [0.2, 0.25) is 17.7 Å². The molecule has 0 saturated carbocycles. The number of carbonyl (C=O) groups excluding carboxylic acids is 3. The highest BCUT2D eigenvalue weighted by Crippen LogP contribution is 2.28. The molecule has 0 bridgehead atoms. The van der Waals surface area contributed by atoms with Crippen LogP contribution in [0.3, 0.4) is 0 Å². The normalized spacial score (nSPS) is 16.8. The zero-order valence-electron chi connectivity index (χ0n) is 17.8. The van der Waals surface area contributed by atoms with Gasteiger partial charge in [0.05, 0.1) is 11.6 Å². The molecular formula is C22H28N4O3S. The van der Waals surface area contributed by atoms with E-state index in [0.717, 1.165) is 29.8 Å². The average molecular weight is 429 g/mol. The van der Waals surface area contributed by atoms with Crippen LogP contribution in [0.4, 0.5) is 10.8 Å². The Bertz CT molecular complexity index is 931. The van der Waals surface area contributed by atoms with Crippen molar-refractivity contribution in [2.24, 2.45) is 11.3 Å². The van der Waals surface area contributed by atoms with Gasteiger partial charge < -0.3 is 15.5 Å². The number of benzene rings is 1. The van der Waals surface area contributed by atoms with E-state index in [1.807, 2.05) is 50.4 Å². The van der Waals surface area contributed by atoms with Gasteiger partial charge in [-0.1, -0.05) is 32.9 Å². The maximum absolute atomic E-state index is 12.8. The van der Waals surface area contributed by atoms with Crippen molar-refractivity contribution >= 4 is 39.9 Å². The smallest absolute Gasteiger partial charge is 0.231 e. The van der Waals surface area contributed by atoms with Crippen molar-refractivity contribution in [1.82, 2.24) is 9.88 Å². The van der Waals surface area contributed by atoms with Crippen LogP contribution in [0.1, 0.15) is 40.5 Å². The van der Waals surface area contributed by atoms with Gasteiger partial charge in [-0.05, 0) is 25.0 Å². The van der Waals surface area contributed by atoms with Gasteiger partial charge in [-0.3, -0.25) is 14.4 Å². The first kappa shape index (κ1) is 22.0. The molecule has 30 heavy (non-hydrogen) atoms. The van der Waals surface area contributed by atoms with Crippen molar-refractivity contribution in [3.63, 3.8) is 0 Å². The predicted octanol–water partition coefficient (Wildman–Crippen LogP) is 3.99. The van der Waals surface area contributed by atoms with Crippen LogP contribution in [0.2, 0.25) is 0 Å². The number of nitrogens with zero attached hydrogens (tertiary/aromatic N) is 2. The van der Waals surface area contributed by atoms with Gasteiger partial charge in [0.25, 0.3) is 0 Å². The summed E-state index contributed by atoms with van der Waals surface area (Å²) in [4.78, 5) is 42.8. The Morgan fingerprint density at radius 2 is 1.83 bits per heavy atom. The quantitative estimate of drug-likeness (QED) is 0.770. The van der Waals surface area contributed by atoms with Crippen molar-refractivity contribution in [1.29, 1.82) is 0 Å². The fourth-order valence-electron chi connectivity index (χ4n) is 3.45. The third-order valence-electron chi connectivity index (χ3n) is 4.96. The Labute approximate surface area is 180 Å². The molecule has 1 aliphatic rings. The molecule has 3 amide bonds. The number of hydrogen-bond donors (Lipinski definition) is 2. The maximum atomic E-state index is 12.8. The highest BCUT2D eigenvalue weighted by Gasteiger charge is 2.33. The SMILES string of the molecule is CC(=O)Nc1ccc(-c2csc(NC(=O)C3CCCN(C(=O)C(C)(C)C)C3)n2)cc1. The van der Waals surface area contributed by atoms with E-state index in [1.165, 1.54) is 18.3 Å². The van der Waals surface area contributed by atoms with E-state index >= 15 is 0 Å². The summed E-state index contributed by atoms with van der Waals surface area (Å²) in [5, 5.41) is 8.07. The van der Waals surface area contributed by atoms with E-state index in [0.29, 0.717) is 18.2 Å². The van der Waals surface area contributed by atoms with E-state index in [2.05, 4.69) is 15.6 Å². The van der Waals surface area contributed by atoms with Crippen LogP contribution < -0.4 is 10.6 Å². The summed E-state index contributed by atoms with van der Waals surface area (Å²) in [6, 6.07) is 7.39. The molecule has 2 heterocycles. The minimum Gasteiger partial charge on any atom is -0.341 e. The molecule has 7 nitrogen and oxygen atoms in total. The summed E-state index contributed by atoms with van der Waals surface area (Å²) in [6.45, 7) is 8.32. The van der Waals surface area contributed by atoms with Crippen molar-refractivity contribution in [2.45, 2.75) is 40.5 Å². The van der Waals surface area contributed by atoms with Gasteiger partial charge in [0.1, 0.15) is 0 Å². The summed E-state index contributed by atoms with van der Waals surface area (Å²) in [6.07, 6.45) is 1.59. The van der Waals surface area contributed by atoms with Gasteiger partial charge in [-0.2, -0.15) is 0 Å². The molecule has 160 valence electrons. The summed E-state index contributed by atoms with van der Waals surface area (Å²) < 4.78 is 0. The molecule has 1 unspecified atom stereocenters. The van der Waals surface area contributed by atoms with Crippen LogP contribution in [0, 0.1) is 11.3 Å². The minimum atomic E-state index is -0.446. The Morgan fingerprint density at radius 1 is 1.13 bits per heavy atom. The summed E-state index contributed by atoms with van der Waals surface area (Å²) in [5.74, 6) is -0.358. The number of likely N-dealkylation sites (tertiary alicyclic amines) is 1. The highest BCUT2D eigenvalue weighted by molar-refractivity contribution is 7.14. The molecule has 0 spiro atoms. The van der Waals surface area contributed by atoms with Gasteiger partial charge >= 0.3 is 0 Å². The number of carbonyl (C=O) groups is 3. The van der Waals surface area contributed by atoms with Gasteiger partial charge in [0, 0.05) is 42.1 Å². The first-order chi connectivity index (χ1) is 14.1. The fourth-order valence-corrected chi connectivity index (χ4v) is 4.17. The largest absolute Gasteiger partial charge is 0.341 e. The molecule has 1 fully saturated rings. The number of aromatic nitrogens is 1. The number of piperidine rings is 1. The van der Waals surface area contributed by atoms with Gasteiger partial charge in [-0.25, -0.2) is 4.98 Å². The lowest BCUT2D eigenvalue weighted by Crippen LogP contribution is -2.47. The van der Waals surface area contributed by atoms with Crippen LogP contribution in [-0.2, 0) is 14.4 Å². The Morgan fingerprint density at radius 3 is 2.47 bits per heavy atom. The molecule has 8 heteroatoms. The minimum absolute atomic E-state index is 0.0826. The highest BCUT2D eigenvalue weighted by atomic mass is 32.1. The van der Waals surface area contributed by atoms with Crippen LogP contribution in [0.5, 0.6) is 0 Å². The van der Waals surface area contributed by atoms with Crippen molar-refractivity contribution in [3.05, 3.63) is 29.6 Å². The zero-order chi connectivity index (χ0) is 21.9. The summed E-state index contributed by atoms with van der Waals surface area (Å²) in [7, 11) is 0. The number of anilines is 2. The van der Waals surface area contributed by atoms with Crippen LogP contribution in [-0.4, -0.2) is 40.7 Å². The number of thiazole rings is 1. The monoisotopic (exact) mass is 428 g/mol. The standard InChI is InChI=1S/C22H28N4O3S/c1-14(27)23-17-9-7-15(8-10-17)18-13-30-21(24-18)25-19(28)16-6-5-11-26(12-16)20(29)22(2,3)4/h7-10,13,16H,5-6,11-12H2,1-4H3,(H,23,27)(H,24,25,28). The molecule has 2 N–H and O–H groups in total. The molecular weight excluding hydrogens is 400 g/mol. The number of amides is 3. The van der Waals surface area contributed by atoms with E-state index in [4.69, 9.17) is 0 Å². The van der Waals surface area contributed by atoms with E-state index in [-0.39, 0.29) is 23.6 Å². The maximum Gasteiger partial charge on any atom is 0.231 e. The Balaban J connectivity index is 1.62. The lowest BCUT2D eigenvalue weighted by atomic mass is 9.91. The molecule has 1 atom stereocenters. The molecule has 0 aliphatic carbocycles. The van der Waals surface area contributed by atoms with Gasteiger partial charge in [-0.15, -0.1) is 11.3 Å². The first-order valence-electron chi connectivity index (χ1n) is 10.1. The molecule has 1 saturated heterocycles. The number of rotatable bonds is 4. The van der Waals surface area contributed by atoms with E-state index in [1.54, 1.807) is 4.90 Å². The van der Waals surface area contributed by atoms with Crippen LogP contribution >= 0.6 is 11.3 Å². The number of hydrogen-bond acceptors (Lipinski definition) is 5. The molecule has 1 aromatic carbocycles. The molecule has 2 aromatic rings. The Kier molecular flexibility index (Phi) is 6.55. The summed E-state index contributed by atoms with van der Waals surface area (Å²) in [5.41, 5.74) is 1.94. The zero-order valence-corrected chi connectivity index (χ0v) is 18.6. The molecule has 1 aromatic heterocycles. The molecule has 3 rings (SSSR count). The summed E-state index contributed by atoms with van der Waals surface area (Å²) >= 11 is 1.37. The fraction of sp³-hybridized carbons (Fsp3) is 0.455. The predicted molar refractivity (Wildman–Crippen MR) is 119 cm³/mol. The number of nitrogens with one attached hydrogen (secondary N) is 2. The van der Waals surface area contributed by atoms with Crippen LogP contribution in [0.15, 0.2) is 29.6 Å². The van der Waals surface area contributed by atoms with Crippen molar-refractivity contribution in [3.8, 4) is 11.3 Å². The molecule has 0 radical (unpaired) electrons. The lowest BCUT2D eigenvalue weighted by Gasteiger charge is -2.35. The van der Waals surface area contributed by atoms with Gasteiger partial charge in [0.15, 0.2) is 5.13 Å². The van der Waals surface area contributed by atoms with Crippen LogP contribution in [0.25, 0.3) is 11.3 Å². The lowest BCUT2D eigenvalue weighted by molar-refractivity contribution is -0.142. The van der Waals surface area contributed by atoms with E-state index < -0.39 is 5.41 Å². The Hall–Kier alpha value is -2.74. The average Bonchev–Trinajstić information content (AvgIpc) is 3.15. The second-order valence-corrected chi connectivity index (χ2v) is 9.48. The third kappa shape index (κ3) is 5.44. The van der Waals surface area contributed by atoms with Crippen molar-refractivity contribution < 1.29 is 14.4 Å². The third-order valence-corrected chi connectivity index (χ3v) is 5.71. The van der Waals surface area contributed by atoms with E-state index in [9.17, 15) is 14.4 Å². The second kappa shape index (κ2) is 8.95. The second-order valence-electron chi connectivity index (χ2n) is 8.63. The van der Waals surface area contributed by atoms with Crippen molar-refractivity contribution in [2.75, 3.05) is 23.7 Å². The first-order valence-corrected chi connectivity index (χ1v) is 11.0. The topological polar surface area (TPSA) is 91.4 Å².